The molecule has 0 atom stereocenters. The van der Waals surface area contributed by atoms with Crippen LogP contribution in [0.25, 0.3) is 0 Å². The van der Waals surface area contributed by atoms with Crippen LogP contribution in [0.3, 0.4) is 0 Å². The van der Waals surface area contributed by atoms with Gasteiger partial charge in [0.15, 0.2) is 0 Å². The summed E-state index contributed by atoms with van der Waals surface area (Å²) >= 11 is 0. The molecule has 0 fully saturated rings. The molecule has 0 amide bonds. The normalized spacial score (nSPS) is 9.70. The van der Waals surface area contributed by atoms with E-state index in [1.165, 1.54) is 22.0 Å². The Morgan fingerprint density at radius 2 is 1.30 bits per heavy atom. The van der Waals surface area contributed by atoms with Crippen molar-refractivity contribution in [3.8, 4) is 23.2 Å². The Morgan fingerprint density at radius 1 is 0.850 bits per heavy atom. The summed E-state index contributed by atoms with van der Waals surface area (Å²) < 4.78 is 0. The van der Waals surface area contributed by atoms with E-state index in [9.17, 15) is 0 Å². The molecule has 0 aliphatic carbocycles. The van der Waals surface area contributed by atoms with Gasteiger partial charge in [-0.25, -0.2) is 0 Å². The zero-order valence-corrected chi connectivity index (χ0v) is 14.3. The predicted octanol–water partition coefficient (Wildman–Crippen LogP) is 5.24. The summed E-state index contributed by atoms with van der Waals surface area (Å²) in [4.78, 5) is 0. The molecule has 0 spiro atoms. The Bertz CT molecular complexity index is 514. The van der Waals surface area contributed by atoms with Crippen LogP contribution in [0.15, 0.2) is 12.1 Å². The summed E-state index contributed by atoms with van der Waals surface area (Å²) in [7, 11) is -0.655. The van der Waals surface area contributed by atoms with Crippen molar-refractivity contribution in [1.82, 2.24) is 0 Å². The highest BCUT2D eigenvalue weighted by molar-refractivity contribution is 7.75. The maximum absolute atomic E-state index is 3.44. The topological polar surface area (TPSA) is 0 Å². The van der Waals surface area contributed by atoms with Crippen molar-refractivity contribution in [2.24, 2.45) is 0 Å². The summed E-state index contributed by atoms with van der Waals surface area (Å²) in [5, 5.41) is 1.37. The summed E-state index contributed by atoms with van der Waals surface area (Å²) in [5.74, 6) is 6.61. The van der Waals surface area contributed by atoms with Crippen LogP contribution in [0.5, 0.6) is 0 Å². The SMILES string of the molecule is CCCC#CP(C#CCCC)c1c(C)cc(C)cc1C. The minimum Gasteiger partial charge on any atom is -0.0973 e. The smallest absolute Gasteiger partial charge is 0.0815 e. The van der Waals surface area contributed by atoms with Gasteiger partial charge in [-0.2, -0.15) is 0 Å². The summed E-state index contributed by atoms with van der Waals surface area (Å²) in [6, 6.07) is 4.50. The third kappa shape index (κ3) is 5.04. The molecule has 0 N–H and O–H groups in total. The molecule has 0 heterocycles. The number of rotatable bonds is 3. The second-order valence-electron chi connectivity index (χ2n) is 5.16. The average molecular weight is 284 g/mol. The molecule has 1 aromatic rings. The first-order valence-electron chi connectivity index (χ1n) is 7.45. The summed E-state index contributed by atoms with van der Waals surface area (Å²) in [6.45, 7) is 10.9. The van der Waals surface area contributed by atoms with E-state index in [1.807, 2.05) is 0 Å². The molecular weight excluding hydrogens is 259 g/mol. The van der Waals surface area contributed by atoms with Crippen molar-refractivity contribution in [2.45, 2.75) is 60.3 Å². The zero-order valence-electron chi connectivity index (χ0n) is 13.4. The van der Waals surface area contributed by atoms with E-state index in [4.69, 9.17) is 0 Å². The van der Waals surface area contributed by atoms with Crippen LogP contribution in [0.4, 0.5) is 0 Å². The molecule has 0 aliphatic rings. The lowest BCUT2D eigenvalue weighted by molar-refractivity contribution is 0.984. The van der Waals surface area contributed by atoms with Gasteiger partial charge in [-0.05, 0) is 44.7 Å². The number of benzene rings is 1. The standard InChI is InChI=1S/C19H25P/c1-6-8-10-12-20(13-11-9-7-2)19-17(4)14-16(3)15-18(19)5/h14-15H,6-9H2,1-5H3. The minimum absolute atomic E-state index is 0.655. The van der Waals surface area contributed by atoms with Crippen molar-refractivity contribution >= 4 is 13.2 Å². The Balaban J connectivity index is 3.18. The number of hydrogen-bond acceptors (Lipinski definition) is 0. The van der Waals surface area contributed by atoms with E-state index in [1.54, 1.807) is 0 Å². The van der Waals surface area contributed by atoms with Crippen LogP contribution in [-0.2, 0) is 0 Å². The molecule has 1 rings (SSSR count). The van der Waals surface area contributed by atoms with E-state index in [0.717, 1.165) is 25.7 Å². The van der Waals surface area contributed by atoms with Crippen molar-refractivity contribution in [3.05, 3.63) is 28.8 Å². The molecule has 0 saturated carbocycles. The minimum atomic E-state index is -0.655. The van der Waals surface area contributed by atoms with Crippen LogP contribution >= 0.6 is 7.92 Å². The molecule has 0 bridgehead atoms. The van der Waals surface area contributed by atoms with Gasteiger partial charge in [0.25, 0.3) is 0 Å². The third-order valence-corrected chi connectivity index (χ3v) is 4.91. The fraction of sp³-hybridized carbons (Fsp3) is 0.474. The molecule has 0 unspecified atom stereocenters. The molecule has 0 nitrogen and oxygen atoms in total. The van der Waals surface area contributed by atoms with E-state index in [2.05, 4.69) is 69.9 Å². The summed E-state index contributed by atoms with van der Waals surface area (Å²) in [6.07, 6.45) is 4.17. The average Bonchev–Trinajstić information content (AvgIpc) is 2.37. The highest BCUT2D eigenvalue weighted by atomic mass is 31.1. The van der Waals surface area contributed by atoms with Crippen LogP contribution in [-0.4, -0.2) is 0 Å². The first-order valence-corrected chi connectivity index (χ1v) is 8.79. The molecule has 1 aromatic carbocycles. The molecule has 0 aromatic heterocycles. The van der Waals surface area contributed by atoms with Gasteiger partial charge in [-0.3, -0.25) is 0 Å². The molecule has 0 aliphatic heterocycles. The van der Waals surface area contributed by atoms with E-state index in [-0.39, 0.29) is 0 Å². The van der Waals surface area contributed by atoms with Crippen molar-refractivity contribution < 1.29 is 0 Å². The molecule has 1 heteroatoms. The van der Waals surface area contributed by atoms with Gasteiger partial charge >= 0.3 is 0 Å². The molecule has 106 valence electrons. The van der Waals surface area contributed by atoms with Gasteiger partial charge in [0.1, 0.15) is 0 Å². The Kier molecular flexibility index (Phi) is 7.44. The molecule has 0 radical (unpaired) electrons. The summed E-state index contributed by atoms with van der Waals surface area (Å²) in [5.41, 5.74) is 10.9. The second-order valence-corrected chi connectivity index (χ2v) is 6.73. The quantitative estimate of drug-likeness (QED) is 0.526. The zero-order chi connectivity index (χ0) is 15.0. The van der Waals surface area contributed by atoms with Crippen LogP contribution < -0.4 is 5.30 Å². The fourth-order valence-electron chi connectivity index (χ4n) is 2.18. The largest absolute Gasteiger partial charge is 0.0973 e. The first kappa shape index (κ1) is 16.8. The number of unbranched alkanes of at least 4 members (excludes halogenated alkanes) is 2. The van der Waals surface area contributed by atoms with E-state index >= 15 is 0 Å². The predicted molar refractivity (Wildman–Crippen MR) is 92.6 cm³/mol. The highest BCUT2D eigenvalue weighted by Crippen LogP contribution is 2.34. The third-order valence-electron chi connectivity index (χ3n) is 2.99. The van der Waals surface area contributed by atoms with Crippen LogP contribution in [0, 0.1) is 43.9 Å². The van der Waals surface area contributed by atoms with E-state index in [0.29, 0.717) is 0 Å². The van der Waals surface area contributed by atoms with E-state index < -0.39 is 7.92 Å². The van der Waals surface area contributed by atoms with Crippen molar-refractivity contribution in [2.75, 3.05) is 0 Å². The highest BCUT2D eigenvalue weighted by Gasteiger charge is 2.12. The van der Waals surface area contributed by atoms with Crippen LogP contribution in [0.2, 0.25) is 0 Å². The monoisotopic (exact) mass is 284 g/mol. The maximum Gasteiger partial charge on any atom is 0.0815 e. The molecule has 20 heavy (non-hydrogen) atoms. The van der Waals surface area contributed by atoms with Crippen molar-refractivity contribution in [3.63, 3.8) is 0 Å². The Labute approximate surface area is 126 Å². The maximum atomic E-state index is 3.44. The van der Waals surface area contributed by atoms with Gasteiger partial charge in [0.2, 0.25) is 0 Å². The van der Waals surface area contributed by atoms with Gasteiger partial charge in [0, 0.05) is 18.1 Å². The molecule has 0 saturated heterocycles. The number of hydrogen-bond donors (Lipinski definition) is 0. The number of aryl methyl sites for hydroxylation is 3. The lowest BCUT2D eigenvalue weighted by atomic mass is 10.1. The van der Waals surface area contributed by atoms with Gasteiger partial charge in [-0.1, -0.05) is 54.7 Å². The fourth-order valence-corrected chi connectivity index (χ4v) is 3.84. The lowest BCUT2D eigenvalue weighted by Crippen LogP contribution is -2.09. The first-order chi connectivity index (χ1) is 9.60. The Morgan fingerprint density at radius 3 is 1.70 bits per heavy atom. The van der Waals surface area contributed by atoms with Crippen molar-refractivity contribution in [1.29, 1.82) is 0 Å². The van der Waals surface area contributed by atoms with Crippen LogP contribution in [0.1, 0.15) is 56.2 Å². The lowest BCUT2D eigenvalue weighted by Gasteiger charge is -2.13. The van der Waals surface area contributed by atoms with Gasteiger partial charge in [-0.15, -0.1) is 0 Å². The molecular formula is C19H25P. The van der Waals surface area contributed by atoms with Gasteiger partial charge in [0.05, 0.1) is 7.92 Å². The second kappa shape index (κ2) is 8.84. The Hall–Kier alpha value is -1.23. The van der Waals surface area contributed by atoms with Gasteiger partial charge < -0.3 is 0 Å².